The van der Waals surface area contributed by atoms with Gasteiger partial charge in [-0.25, -0.2) is 18.7 Å². The largest absolute Gasteiger partial charge is 0.471 e. The van der Waals surface area contributed by atoms with Crippen LogP contribution in [-0.2, 0) is 0 Å². The highest BCUT2D eigenvalue weighted by molar-refractivity contribution is 5.96. The molecule has 1 fully saturated rings. The Bertz CT molecular complexity index is 1040. The van der Waals surface area contributed by atoms with Crippen LogP contribution >= 0.6 is 0 Å². The first kappa shape index (κ1) is 20.0. The van der Waals surface area contributed by atoms with Gasteiger partial charge in [0, 0.05) is 37.6 Å². The van der Waals surface area contributed by atoms with E-state index in [0.29, 0.717) is 48.3 Å². The third-order valence-corrected chi connectivity index (χ3v) is 5.20. The van der Waals surface area contributed by atoms with Gasteiger partial charge in [-0.3, -0.25) is 9.89 Å². The van der Waals surface area contributed by atoms with Gasteiger partial charge in [-0.15, -0.1) is 0 Å². The summed E-state index contributed by atoms with van der Waals surface area (Å²) in [6.07, 6.45) is -1.28. The molecular formula is C20H22F2N6O2. The van der Waals surface area contributed by atoms with Crippen LogP contribution < -0.4 is 9.64 Å². The third kappa shape index (κ3) is 3.89. The van der Waals surface area contributed by atoms with E-state index in [2.05, 4.69) is 25.1 Å². The predicted octanol–water partition coefficient (Wildman–Crippen LogP) is 2.58. The second kappa shape index (κ2) is 8.21. The quantitative estimate of drug-likeness (QED) is 0.688. The number of ether oxygens (including phenoxy) is 1. The van der Waals surface area contributed by atoms with Crippen LogP contribution in [0.5, 0.6) is 5.88 Å². The highest BCUT2D eigenvalue weighted by Crippen LogP contribution is 2.28. The maximum Gasteiger partial charge on any atom is 0.272 e. The first-order valence-corrected chi connectivity index (χ1v) is 9.65. The summed E-state index contributed by atoms with van der Waals surface area (Å²) in [5.74, 6) is 0.120. The number of fused-ring (bicyclic) bond motifs is 1. The Morgan fingerprint density at radius 3 is 2.63 bits per heavy atom. The van der Waals surface area contributed by atoms with Crippen LogP contribution in [0.3, 0.4) is 0 Å². The van der Waals surface area contributed by atoms with Crippen molar-refractivity contribution in [3.8, 4) is 5.88 Å². The lowest BCUT2D eigenvalue weighted by Crippen LogP contribution is -2.49. The van der Waals surface area contributed by atoms with E-state index in [1.165, 1.54) is 6.33 Å². The Morgan fingerprint density at radius 1 is 1.20 bits per heavy atom. The lowest BCUT2D eigenvalue weighted by Gasteiger charge is -2.36. The molecule has 1 saturated heterocycles. The fraction of sp³-hybridized carbons (Fsp3) is 0.400. The van der Waals surface area contributed by atoms with Gasteiger partial charge in [0.05, 0.1) is 22.2 Å². The molecule has 0 atom stereocenters. The summed E-state index contributed by atoms with van der Waals surface area (Å²) < 4.78 is 30.2. The maximum atomic E-state index is 12.8. The minimum atomic E-state index is -2.58. The summed E-state index contributed by atoms with van der Waals surface area (Å²) in [6.45, 7) is 5.38. The number of amides is 1. The Morgan fingerprint density at radius 2 is 1.97 bits per heavy atom. The number of hydrogen-bond donors (Lipinski definition) is 1. The van der Waals surface area contributed by atoms with Gasteiger partial charge >= 0.3 is 0 Å². The van der Waals surface area contributed by atoms with Crippen LogP contribution in [0.15, 0.2) is 24.5 Å². The number of carbonyl (C=O) groups excluding carboxylic acids is 1. The number of nitrogens with one attached hydrogen (secondary N) is 1. The van der Waals surface area contributed by atoms with Crippen molar-refractivity contribution in [2.75, 3.05) is 37.7 Å². The fourth-order valence-electron chi connectivity index (χ4n) is 3.67. The first-order chi connectivity index (χ1) is 14.4. The van der Waals surface area contributed by atoms with Gasteiger partial charge < -0.3 is 14.5 Å². The number of halogens is 2. The van der Waals surface area contributed by atoms with Crippen molar-refractivity contribution in [2.45, 2.75) is 20.3 Å². The summed E-state index contributed by atoms with van der Waals surface area (Å²) in [7, 11) is 0. The molecule has 3 aromatic rings. The van der Waals surface area contributed by atoms with Crippen molar-refractivity contribution in [2.24, 2.45) is 0 Å². The second-order valence-electron chi connectivity index (χ2n) is 7.17. The number of hydrogen-bond acceptors (Lipinski definition) is 6. The van der Waals surface area contributed by atoms with Crippen molar-refractivity contribution in [1.82, 2.24) is 25.1 Å². The summed E-state index contributed by atoms with van der Waals surface area (Å²) in [6, 6.07) is 5.59. The highest BCUT2D eigenvalue weighted by atomic mass is 19.3. The molecule has 0 saturated carbocycles. The molecule has 2 aromatic heterocycles. The number of alkyl halides is 2. The molecule has 1 aliphatic heterocycles. The Hall–Kier alpha value is -3.30. The van der Waals surface area contributed by atoms with Gasteiger partial charge in [0.15, 0.2) is 6.61 Å². The summed E-state index contributed by atoms with van der Waals surface area (Å²) in [5.41, 5.74) is 3.63. The first-order valence-electron chi connectivity index (χ1n) is 9.65. The zero-order chi connectivity index (χ0) is 21.3. The molecule has 3 heterocycles. The zero-order valence-corrected chi connectivity index (χ0v) is 16.7. The third-order valence-electron chi connectivity index (χ3n) is 5.20. The van der Waals surface area contributed by atoms with Crippen LogP contribution in [0.4, 0.5) is 14.5 Å². The van der Waals surface area contributed by atoms with Gasteiger partial charge in [0.2, 0.25) is 5.88 Å². The number of nitrogens with zero attached hydrogens (tertiary/aromatic N) is 5. The predicted molar refractivity (Wildman–Crippen MR) is 107 cm³/mol. The number of aromatic amines is 1. The molecule has 0 bridgehead atoms. The van der Waals surface area contributed by atoms with Crippen molar-refractivity contribution in [1.29, 1.82) is 0 Å². The molecule has 1 aromatic carbocycles. The van der Waals surface area contributed by atoms with Crippen molar-refractivity contribution < 1.29 is 18.3 Å². The van der Waals surface area contributed by atoms with E-state index in [0.717, 1.165) is 11.4 Å². The molecule has 1 amide bonds. The average molecular weight is 416 g/mol. The molecule has 0 aliphatic carbocycles. The molecule has 10 heteroatoms. The minimum absolute atomic E-state index is 0.0204. The van der Waals surface area contributed by atoms with Crippen LogP contribution in [0.2, 0.25) is 0 Å². The maximum absolute atomic E-state index is 12.8. The molecule has 8 nitrogen and oxygen atoms in total. The number of benzene rings is 1. The average Bonchev–Trinajstić information content (AvgIpc) is 3.09. The van der Waals surface area contributed by atoms with Gasteiger partial charge in [-0.1, -0.05) is 0 Å². The normalized spacial score (nSPS) is 14.6. The number of aryl methyl sites for hydroxylation is 2. The van der Waals surface area contributed by atoms with E-state index in [1.807, 2.05) is 36.9 Å². The number of rotatable bonds is 5. The smallest absolute Gasteiger partial charge is 0.272 e. The van der Waals surface area contributed by atoms with Crippen LogP contribution in [0.25, 0.3) is 10.9 Å². The standard InChI is InChI=1S/C20H22F2N6O2/c1-12-18(13(2)26-25-12)20(29)28-7-5-27(6-8-28)14-3-4-16-15(9-14)19(24-11-23-16)30-10-17(21)22/h3-4,9,11,17H,5-8,10H2,1-2H3,(H,25,26). The Kier molecular flexibility index (Phi) is 5.47. The molecule has 0 spiro atoms. The minimum Gasteiger partial charge on any atom is -0.471 e. The van der Waals surface area contributed by atoms with Crippen molar-refractivity contribution in [3.05, 3.63) is 41.5 Å². The van der Waals surface area contributed by atoms with E-state index in [-0.39, 0.29) is 11.8 Å². The molecule has 0 radical (unpaired) electrons. The zero-order valence-electron chi connectivity index (χ0n) is 16.7. The van der Waals surface area contributed by atoms with E-state index < -0.39 is 13.0 Å². The summed E-state index contributed by atoms with van der Waals surface area (Å²) in [5, 5.41) is 7.54. The van der Waals surface area contributed by atoms with E-state index in [9.17, 15) is 13.6 Å². The van der Waals surface area contributed by atoms with Crippen LogP contribution in [0, 0.1) is 13.8 Å². The molecule has 158 valence electrons. The lowest BCUT2D eigenvalue weighted by atomic mass is 10.1. The Labute approximate surface area is 171 Å². The number of aromatic nitrogens is 4. The highest BCUT2D eigenvalue weighted by Gasteiger charge is 2.26. The number of H-pyrrole nitrogens is 1. The van der Waals surface area contributed by atoms with E-state index in [1.54, 1.807) is 0 Å². The second-order valence-corrected chi connectivity index (χ2v) is 7.17. The lowest BCUT2D eigenvalue weighted by molar-refractivity contribution is 0.0745. The topological polar surface area (TPSA) is 87.2 Å². The number of anilines is 1. The molecule has 4 rings (SSSR count). The summed E-state index contributed by atoms with van der Waals surface area (Å²) >= 11 is 0. The van der Waals surface area contributed by atoms with Crippen molar-refractivity contribution >= 4 is 22.5 Å². The van der Waals surface area contributed by atoms with Crippen LogP contribution in [-0.4, -0.2) is 70.2 Å². The van der Waals surface area contributed by atoms with E-state index >= 15 is 0 Å². The molecule has 0 unspecified atom stereocenters. The summed E-state index contributed by atoms with van der Waals surface area (Å²) in [4.78, 5) is 25.0. The molecule has 30 heavy (non-hydrogen) atoms. The molecular weight excluding hydrogens is 394 g/mol. The fourth-order valence-corrected chi connectivity index (χ4v) is 3.67. The SMILES string of the molecule is Cc1n[nH]c(C)c1C(=O)N1CCN(c2ccc3ncnc(OCC(F)F)c3c2)CC1. The monoisotopic (exact) mass is 416 g/mol. The molecule has 1 N–H and O–H groups in total. The number of carbonyl (C=O) groups is 1. The molecule has 1 aliphatic rings. The van der Waals surface area contributed by atoms with Crippen molar-refractivity contribution in [3.63, 3.8) is 0 Å². The van der Waals surface area contributed by atoms with Gasteiger partial charge in [-0.2, -0.15) is 5.10 Å². The Balaban J connectivity index is 1.49. The number of piperazine rings is 1. The van der Waals surface area contributed by atoms with Gasteiger partial charge in [0.1, 0.15) is 6.33 Å². The van der Waals surface area contributed by atoms with Crippen LogP contribution in [0.1, 0.15) is 21.7 Å². The van der Waals surface area contributed by atoms with Gasteiger partial charge in [0.25, 0.3) is 12.3 Å². The van der Waals surface area contributed by atoms with Gasteiger partial charge in [-0.05, 0) is 32.0 Å². The van der Waals surface area contributed by atoms with E-state index in [4.69, 9.17) is 4.74 Å².